The van der Waals surface area contributed by atoms with Gasteiger partial charge in [0.25, 0.3) is 0 Å². The van der Waals surface area contributed by atoms with Crippen LogP contribution in [0.3, 0.4) is 0 Å². The Labute approximate surface area is 107 Å². The molecule has 1 aliphatic carbocycles. The number of hydrogen-bond acceptors (Lipinski definition) is 6. The summed E-state index contributed by atoms with van der Waals surface area (Å²) in [5.74, 6) is 0. The van der Waals surface area contributed by atoms with Crippen LogP contribution in [0.15, 0.2) is 22.8 Å². The average Bonchev–Trinajstić information content (AvgIpc) is 2.45. The molecule has 0 amide bonds. The van der Waals surface area contributed by atoms with Crippen molar-refractivity contribution in [3.05, 3.63) is 22.8 Å². The fourth-order valence-corrected chi connectivity index (χ4v) is 5.14. The molecule has 6 nitrogen and oxygen atoms in total. The molecule has 0 atom stereocenters. The van der Waals surface area contributed by atoms with E-state index in [1.807, 2.05) is 12.2 Å². The van der Waals surface area contributed by atoms with Crippen LogP contribution in [0.2, 0.25) is 0 Å². The maximum Gasteiger partial charge on any atom is 0.357 e. The third-order valence-corrected chi connectivity index (χ3v) is 7.07. The molecule has 0 heterocycles. The highest BCUT2D eigenvalue weighted by Crippen LogP contribution is 2.67. The Morgan fingerprint density at radius 2 is 1.06 bits per heavy atom. The van der Waals surface area contributed by atoms with Crippen LogP contribution in [-0.2, 0) is 27.2 Å². The molecule has 0 saturated heterocycles. The summed E-state index contributed by atoms with van der Waals surface area (Å²) < 4.78 is 44.7. The number of rotatable bonds is 6. The monoisotopic (exact) mass is 296 g/mol. The van der Waals surface area contributed by atoms with Gasteiger partial charge in [-0.2, -0.15) is 0 Å². The second kappa shape index (κ2) is 6.29. The highest BCUT2D eigenvalue weighted by Gasteiger charge is 2.39. The Bertz CT molecular complexity index is 397. The number of hydrogen-bond donors (Lipinski definition) is 0. The Hall–Kier alpha value is -0.220. The number of allylic oxidation sites excluding steroid dienone is 4. The molecular weight excluding hydrogens is 278 g/mol. The normalized spacial score (nSPS) is 17.3. The molecule has 8 heteroatoms. The Morgan fingerprint density at radius 1 is 0.778 bits per heavy atom. The van der Waals surface area contributed by atoms with Gasteiger partial charge in [-0.15, -0.1) is 0 Å². The summed E-state index contributed by atoms with van der Waals surface area (Å²) in [7, 11) is -1.72. The molecule has 0 aromatic heterocycles. The van der Waals surface area contributed by atoms with E-state index in [2.05, 4.69) is 0 Å². The summed E-state index contributed by atoms with van der Waals surface area (Å²) in [6.07, 6.45) is 4.31. The molecule has 0 aromatic rings. The third-order valence-electron chi connectivity index (χ3n) is 2.74. The van der Waals surface area contributed by atoms with Gasteiger partial charge in [0.05, 0.1) is 10.6 Å². The molecule has 0 saturated carbocycles. The topological polar surface area (TPSA) is 71.1 Å². The molecule has 0 fully saturated rings. The van der Waals surface area contributed by atoms with Crippen molar-refractivity contribution in [2.75, 3.05) is 28.4 Å². The molecule has 0 N–H and O–H groups in total. The maximum atomic E-state index is 12.4. The standard InChI is InChI=1S/C10H18O6P2/c1-13-17(11,14-2)9-7-5-6-8-10(9)18(12,15-3)16-4/h5-6H,7-8H2,1-4H3. The van der Waals surface area contributed by atoms with Crippen molar-refractivity contribution in [2.45, 2.75) is 12.8 Å². The molecule has 1 rings (SSSR count). The molecule has 104 valence electrons. The van der Waals surface area contributed by atoms with Crippen LogP contribution in [0.1, 0.15) is 12.8 Å². The van der Waals surface area contributed by atoms with Crippen LogP contribution < -0.4 is 0 Å². The Morgan fingerprint density at radius 3 is 1.28 bits per heavy atom. The first kappa shape index (κ1) is 15.8. The van der Waals surface area contributed by atoms with Crippen molar-refractivity contribution >= 4 is 15.2 Å². The highest BCUT2D eigenvalue weighted by atomic mass is 31.2. The summed E-state index contributed by atoms with van der Waals surface area (Å²) in [6.45, 7) is 0. The zero-order valence-corrected chi connectivity index (χ0v) is 12.7. The Kier molecular flexibility index (Phi) is 5.53. The lowest BCUT2D eigenvalue weighted by molar-refractivity contribution is 0.276. The van der Waals surface area contributed by atoms with Crippen LogP contribution >= 0.6 is 15.2 Å². The van der Waals surface area contributed by atoms with E-state index < -0.39 is 15.2 Å². The van der Waals surface area contributed by atoms with Crippen molar-refractivity contribution in [3.63, 3.8) is 0 Å². The van der Waals surface area contributed by atoms with E-state index in [1.54, 1.807) is 0 Å². The lowest BCUT2D eigenvalue weighted by atomic mass is 10.2. The molecule has 0 unspecified atom stereocenters. The van der Waals surface area contributed by atoms with E-state index in [0.29, 0.717) is 23.5 Å². The van der Waals surface area contributed by atoms with Gasteiger partial charge in [0.1, 0.15) is 0 Å². The Balaban J connectivity index is 3.37. The van der Waals surface area contributed by atoms with Gasteiger partial charge in [-0.05, 0) is 12.8 Å². The van der Waals surface area contributed by atoms with E-state index >= 15 is 0 Å². The van der Waals surface area contributed by atoms with Gasteiger partial charge in [-0.1, -0.05) is 12.2 Å². The predicted molar refractivity (Wildman–Crippen MR) is 68.6 cm³/mol. The van der Waals surface area contributed by atoms with E-state index in [1.165, 1.54) is 28.4 Å². The molecule has 0 aliphatic heterocycles. The molecule has 0 spiro atoms. The van der Waals surface area contributed by atoms with E-state index in [9.17, 15) is 9.13 Å². The quantitative estimate of drug-likeness (QED) is 0.551. The summed E-state index contributed by atoms with van der Waals surface area (Å²) in [6, 6.07) is 0. The van der Waals surface area contributed by atoms with Crippen molar-refractivity contribution in [2.24, 2.45) is 0 Å². The zero-order valence-electron chi connectivity index (χ0n) is 10.9. The molecule has 0 radical (unpaired) electrons. The molecule has 0 bridgehead atoms. The van der Waals surface area contributed by atoms with Crippen molar-refractivity contribution in [1.29, 1.82) is 0 Å². The van der Waals surface area contributed by atoms with Crippen molar-refractivity contribution in [1.82, 2.24) is 0 Å². The van der Waals surface area contributed by atoms with Crippen molar-refractivity contribution < 1.29 is 27.2 Å². The summed E-state index contributed by atoms with van der Waals surface area (Å²) in [4.78, 5) is 0. The smallest absolute Gasteiger partial charge is 0.309 e. The lowest BCUT2D eigenvalue weighted by Gasteiger charge is -2.25. The van der Waals surface area contributed by atoms with E-state index in [0.717, 1.165) is 0 Å². The van der Waals surface area contributed by atoms with Gasteiger partial charge < -0.3 is 18.1 Å². The molecular formula is C10H18O6P2. The first-order valence-corrected chi connectivity index (χ1v) is 8.37. The second-order valence-corrected chi connectivity index (χ2v) is 8.03. The first-order chi connectivity index (χ1) is 8.47. The maximum absolute atomic E-state index is 12.4. The van der Waals surface area contributed by atoms with Crippen LogP contribution in [0, 0.1) is 0 Å². The van der Waals surface area contributed by atoms with Crippen LogP contribution in [-0.4, -0.2) is 28.4 Å². The highest BCUT2D eigenvalue weighted by molar-refractivity contribution is 7.62. The summed E-state index contributed by atoms with van der Waals surface area (Å²) in [5.41, 5.74) is 0. The fraction of sp³-hybridized carbons (Fsp3) is 0.600. The van der Waals surface area contributed by atoms with E-state index in [4.69, 9.17) is 18.1 Å². The van der Waals surface area contributed by atoms with Crippen molar-refractivity contribution in [3.8, 4) is 0 Å². The van der Waals surface area contributed by atoms with Crippen LogP contribution in [0.5, 0.6) is 0 Å². The van der Waals surface area contributed by atoms with Gasteiger partial charge in [-0.25, -0.2) is 0 Å². The summed E-state index contributed by atoms with van der Waals surface area (Å²) >= 11 is 0. The predicted octanol–water partition coefficient (Wildman–Crippen LogP) is 3.52. The average molecular weight is 296 g/mol. The van der Waals surface area contributed by atoms with Gasteiger partial charge in [0.15, 0.2) is 0 Å². The van der Waals surface area contributed by atoms with Gasteiger partial charge in [-0.3, -0.25) is 9.13 Å². The largest absolute Gasteiger partial charge is 0.357 e. The first-order valence-electron chi connectivity index (χ1n) is 5.28. The van der Waals surface area contributed by atoms with Gasteiger partial charge >= 0.3 is 15.2 Å². The third kappa shape index (κ3) is 2.85. The van der Waals surface area contributed by atoms with Crippen LogP contribution in [0.4, 0.5) is 0 Å². The minimum atomic E-state index is -3.44. The molecule has 18 heavy (non-hydrogen) atoms. The van der Waals surface area contributed by atoms with Crippen LogP contribution in [0.25, 0.3) is 0 Å². The summed E-state index contributed by atoms with van der Waals surface area (Å²) in [5, 5.41) is 0.698. The van der Waals surface area contributed by atoms with Gasteiger partial charge in [0, 0.05) is 28.4 Å². The minimum absolute atomic E-state index is 0.338. The zero-order chi connectivity index (χ0) is 13.8. The van der Waals surface area contributed by atoms with Gasteiger partial charge in [0.2, 0.25) is 0 Å². The molecule has 1 aliphatic rings. The SMILES string of the molecule is COP(=O)(OC)C1=C(P(=O)(OC)OC)CC=CC1. The van der Waals surface area contributed by atoms with E-state index in [-0.39, 0.29) is 0 Å². The second-order valence-electron chi connectivity index (χ2n) is 3.50. The minimum Gasteiger partial charge on any atom is -0.309 e. The lowest BCUT2D eigenvalue weighted by Crippen LogP contribution is -2.03. The molecule has 0 aromatic carbocycles. The fourth-order valence-electron chi connectivity index (χ4n) is 1.76.